The number of aromatic nitrogens is 2. The summed E-state index contributed by atoms with van der Waals surface area (Å²) in [5.74, 6) is 0.416. The molecule has 112 valence electrons. The van der Waals surface area contributed by atoms with E-state index in [9.17, 15) is 4.79 Å². The lowest BCUT2D eigenvalue weighted by molar-refractivity contribution is -0.122. The van der Waals surface area contributed by atoms with Gasteiger partial charge in [-0.05, 0) is 37.3 Å². The minimum absolute atomic E-state index is 0.0751. The molecule has 2 heterocycles. The summed E-state index contributed by atoms with van der Waals surface area (Å²) < 4.78 is 1.99. The second kappa shape index (κ2) is 5.85. The van der Waals surface area contributed by atoms with Crippen molar-refractivity contribution in [2.75, 3.05) is 0 Å². The van der Waals surface area contributed by atoms with E-state index in [2.05, 4.69) is 10.3 Å². The van der Waals surface area contributed by atoms with E-state index < -0.39 is 0 Å². The minimum atomic E-state index is 0.0751. The molecule has 2 aromatic rings. The number of aryl methyl sites for hydroxylation is 1. The Hall–Kier alpha value is -1.88. The Morgan fingerprint density at radius 1 is 1.52 bits per heavy atom. The molecule has 5 heteroatoms. The lowest BCUT2D eigenvalue weighted by Gasteiger charge is -2.14. The van der Waals surface area contributed by atoms with Gasteiger partial charge in [-0.3, -0.25) is 4.79 Å². The van der Waals surface area contributed by atoms with Gasteiger partial charge in [-0.1, -0.05) is 12.5 Å². The van der Waals surface area contributed by atoms with Gasteiger partial charge < -0.3 is 15.5 Å². The number of hydrogen-bond donors (Lipinski definition) is 2. The smallest absolute Gasteiger partial charge is 0.220 e. The number of rotatable bonds is 4. The third-order valence-electron chi connectivity index (χ3n) is 4.36. The standard InChI is InChI=1S/C16H22N4O/c1-11-4-3-7-20-10-13(19-16(11)20)9-18-15(21)8-12-5-2-6-14(12)17/h3-4,7,10,12,14H,2,5-6,8-9,17H2,1H3,(H,18,21)/t12-,14+/m0/s1. The highest BCUT2D eigenvalue weighted by molar-refractivity contribution is 5.76. The third kappa shape index (κ3) is 3.08. The molecule has 5 nitrogen and oxygen atoms in total. The van der Waals surface area contributed by atoms with Crippen molar-refractivity contribution in [2.45, 2.75) is 45.2 Å². The molecule has 1 amide bonds. The van der Waals surface area contributed by atoms with Gasteiger partial charge in [0.2, 0.25) is 5.91 Å². The molecule has 2 atom stereocenters. The first kappa shape index (κ1) is 14.1. The second-order valence-corrected chi connectivity index (χ2v) is 5.99. The molecule has 1 aliphatic rings. The van der Waals surface area contributed by atoms with Gasteiger partial charge in [-0.2, -0.15) is 0 Å². The molecule has 3 N–H and O–H groups in total. The molecular weight excluding hydrogens is 264 g/mol. The average molecular weight is 286 g/mol. The van der Waals surface area contributed by atoms with E-state index in [1.807, 2.05) is 35.9 Å². The number of imidazole rings is 1. The molecule has 1 aliphatic carbocycles. The molecule has 0 aliphatic heterocycles. The summed E-state index contributed by atoms with van der Waals surface area (Å²) in [6.45, 7) is 2.51. The summed E-state index contributed by atoms with van der Waals surface area (Å²) in [7, 11) is 0. The zero-order chi connectivity index (χ0) is 14.8. The van der Waals surface area contributed by atoms with Crippen molar-refractivity contribution in [2.24, 2.45) is 11.7 Å². The molecule has 1 fully saturated rings. The van der Waals surface area contributed by atoms with Crippen LogP contribution in [0.1, 0.15) is 36.9 Å². The Morgan fingerprint density at radius 2 is 2.38 bits per heavy atom. The highest BCUT2D eigenvalue weighted by atomic mass is 16.1. The van der Waals surface area contributed by atoms with Crippen molar-refractivity contribution in [3.05, 3.63) is 35.8 Å². The molecule has 0 saturated heterocycles. The maximum absolute atomic E-state index is 12.0. The first-order chi connectivity index (χ1) is 10.1. The summed E-state index contributed by atoms with van der Waals surface area (Å²) in [6, 6.07) is 4.22. The van der Waals surface area contributed by atoms with Gasteiger partial charge in [0.1, 0.15) is 5.65 Å². The number of nitrogens with two attached hydrogens (primary N) is 1. The number of nitrogens with zero attached hydrogens (tertiary/aromatic N) is 2. The molecule has 1 saturated carbocycles. The van der Waals surface area contributed by atoms with E-state index in [0.29, 0.717) is 18.9 Å². The molecule has 0 spiro atoms. The van der Waals surface area contributed by atoms with E-state index in [4.69, 9.17) is 5.73 Å². The fourth-order valence-corrected chi connectivity index (χ4v) is 3.11. The van der Waals surface area contributed by atoms with Crippen molar-refractivity contribution in [3.8, 4) is 0 Å². The van der Waals surface area contributed by atoms with Crippen LogP contribution in [-0.4, -0.2) is 21.3 Å². The Labute approximate surface area is 124 Å². The zero-order valence-corrected chi connectivity index (χ0v) is 12.4. The van der Waals surface area contributed by atoms with Gasteiger partial charge in [0.25, 0.3) is 0 Å². The number of hydrogen-bond acceptors (Lipinski definition) is 3. The largest absolute Gasteiger partial charge is 0.350 e. The van der Waals surface area contributed by atoms with Crippen molar-refractivity contribution in [1.29, 1.82) is 0 Å². The number of carbonyl (C=O) groups is 1. The van der Waals surface area contributed by atoms with Crippen LogP contribution in [0, 0.1) is 12.8 Å². The highest BCUT2D eigenvalue weighted by Gasteiger charge is 2.25. The molecule has 2 aromatic heterocycles. The van der Waals surface area contributed by atoms with Gasteiger partial charge in [0, 0.05) is 24.9 Å². The second-order valence-electron chi connectivity index (χ2n) is 5.99. The number of fused-ring (bicyclic) bond motifs is 1. The average Bonchev–Trinajstić information content (AvgIpc) is 3.04. The van der Waals surface area contributed by atoms with Crippen LogP contribution < -0.4 is 11.1 Å². The van der Waals surface area contributed by atoms with Crippen molar-refractivity contribution < 1.29 is 4.79 Å². The minimum Gasteiger partial charge on any atom is -0.350 e. The lowest BCUT2D eigenvalue weighted by Crippen LogP contribution is -2.31. The topological polar surface area (TPSA) is 72.4 Å². The Kier molecular flexibility index (Phi) is 3.92. The van der Waals surface area contributed by atoms with Crippen LogP contribution in [0.3, 0.4) is 0 Å². The Bertz CT molecular complexity index is 649. The molecule has 0 radical (unpaired) electrons. The van der Waals surface area contributed by atoms with Crippen LogP contribution in [0.15, 0.2) is 24.5 Å². The van der Waals surface area contributed by atoms with E-state index in [1.165, 1.54) is 0 Å². The quantitative estimate of drug-likeness (QED) is 0.900. The van der Waals surface area contributed by atoms with Gasteiger partial charge in [-0.15, -0.1) is 0 Å². The van der Waals surface area contributed by atoms with Gasteiger partial charge in [-0.25, -0.2) is 4.98 Å². The summed E-state index contributed by atoms with van der Waals surface area (Å²) in [5.41, 5.74) is 8.96. The fraction of sp³-hybridized carbons (Fsp3) is 0.500. The summed E-state index contributed by atoms with van der Waals surface area (Å²) in [6.07, 6.45) is 7.73. The van der Waals surface area contributed by atoms with E-state index in [0.717, 1.165) is 36.2 Å². The van der Waals surface area contributed by atoms with Crippen molar-refractivity contribution in [3.63, 3.8) is 0 Å². The monoisotopic (exact) mass is 286 g/mol. The normalized spacial score (nSPS) is 21.8. The van der Waals surface area contributed by atoms with E-state index in [1.54, 1.807) is 0 Å². The number of carbonyl (C=O) groups excluding carboxylic acids is 1. The van der Waals surface area contributed by atoms with Crippen LogP contribution >= 0.6 is 0 Å². The first-order valence-corrected chi connectivity index (χ1v) is 7.59. The molecule has 3 rings (SSSR count). The van der Waals surface area contributed by atoms with Crippen LogP contribution in [0.4, 0.5) is 0 Å². The lowest BCUT2D eigenvalue weighted by atomic mass is 10.00. The molecular formula is C16H22N4O. The number of pyridine rings is 1. The summed E-state index contributed by atoms with van der Waals surface area (Å²) >= 11 is 0. The third-order valence-corrected chi connectivity index (χ3v) is 4.36. The zero-order valence-electron chi connectivity index (χ0n) is 12.4. The maximum Gasteiger partial charge on any atom is 0.220 e. The highest BCUT2D eigenvalue weighted by Crippen LogP contribution is 2.26. The molecule has 0 unspecified atom stereocenters. The van der Waals surface area contributed by atoms with Gasteiger partial charge in [0.15, 0.2) is 0 Å². The predicted molar refractivity (Wildman–Crippen MR) is 81.7 cm³/mol. The van der Waals surface area contributed by atoms with Gasteiger partial charge in [0.05, 0.1) is 12.2 Å². The van der Waals surface area contributed by atoms with Gasteiger partial charge >= 0.3 is 0 Å². The first-order valence-electron chi connectivity index (χ1n) is 7.59. The Balaban J connectivity index is 1.58. The summed E-state index contributed by atoms with van der Waals surface area (Å²) in [4.78, 5) is 16.6. The van der Waals surface area contributed by atoms with Crippen LogP contribution in [0.25, 0.3) is 5.65 Å². The van der Waals surface area contributed by atoms with Crippen molar-refractivity contribution >= 4 is 11.6 Å². The number of amides is 1. The maximum atomic E-state index is 12.0. The van der Waals surface area contributed by atoms with E-state index >= 15 is 0 Å². The molecule has 0 aromatic carbocycles. The van der Waals surface area contributed by atoms with E-state index in [-0.39, 0.29) is 11.9 Å². The number of nitrogens with one attached hydrogen (secondary N) is 1. The predicted octanol–water partition coefficient (Wildman–Crippen LogP) is 1.78. The van der Waals surface area contributed by atoms with Crippen LogP contribution in [-0.2, 0) is 11.3 Å². The van der Waals surface area contributed by atoms with Crippen LogP contribution in [0.2, 0.25) is 0 Å². The molecule has 0 bridgehead atoms. The summed E-state index contributed by atoms with van der Waals surface area (Å²) in [5, 5.41) is 2.96. The van der Waals surface area contributed by atoms with Crippen molar-refractivity contribution in [1.82, 2.24) is 14.7 Å². The van der Waals surface area contributed by atoms with Crippen LogP contribution in [0.5, 0.6) is 0 Å². The fourth-order valence-electron chi connectivity index (χ4n) is 3.11. The Morgan fingerprint density at radius 3 is 3.10 bits per heavy atom. The SMILES string of the molecule is Cc1cccn2cc(CNC(=O)C[C@@H]3CCC[C@H]3N)nc12. The molecule has 21 heavy (non-hydrogen) atoms.